The van der Waals surface area contributed by atoms with Gasteiger partial charge in [-0.05, 0) is 40.9 Å². The number of benzene rings is 1. The summed E-state index contributed by atoms with van der Waals surface area (Å²) in [6.07, 6.45) is 3.94. The Morgan fingerprint density at radius 1 is 1.12 bits per heavy atom. The lowest BCUT2D eigenvalue weighted by molar-refractivity contribution is 0.163. The van der Waals surface area contributed by atoms with E-state index in [2.05, 4.69) is 70.5 Å². The second-order valence-electron chi connectivity index (χ2n) is 9.63. The molecule has 1 aliphatic heterocycles. The number of phenolic OH excluding ortho intramolecular Hbond substituents is 1. The van der Waals surface area contributed by atoms with Crippen LogP contribution in [0.5, 0.6) is 5.75 Å². The molecule has 2 rings (SSSR count). The van der Waals surface area contributed by atoms with Gasteiger partial charge in [0.2, 0.25) is 0 Å². The van der Waals surface area contributed by atoms with Crippen molar-refractivity contribution in [2.45, 2.75) is 71.3 Å². The van der Waals surface area contributed by atoms with E-state index in [1.165, 1.54) is 5.56 Å². The van der Waals surface area contributed by atoms with E-state index in [0.29, 0.717) is 5.75 Å². The van der Waals surface area contributed by atoms with Crippen molar-refractivity contribution < 1.29 is 5.11 Å². The fraction of sp³-hybridized carbons (Fsp3) is 0.652. The van der Waals surface area contributed by atoms with Gasteiger partial charge in [-0.25, -0.2) is 0 Å². The molecule has 1 aromatic carbocycles. The zero-order chi connectivity index (χ0) is 19.5. The molecule has 1 heterocycles. The van der Waals surface area contributed by atoms with E-state index in [1.807, 2.05) is 6.08 Å². The van der Waals surface area contributed by atoms with E-state index in [1.54, 1.807) is 0 Å². The Bertz CT molecular complexity index is 616. The Morgan fingerprint density at radius 3 is 2.23 bits per heavy atom. The summed E-state index contributed by atoms with van der Waals surface area (Å²) in [4.78, 5) is 2.52. The van der Waals surface area contributed by atoms with Gasteiger partial charge in [-0.15, -0.1) is 6.58 Å². The van der Waals surface area contributed by atoms with Crippen LogP contribution in [0.15, 0.2) is 24.8 Å². The number of aromatic hydroxyl groups is 1. The number of nitrogens with zero attached hydrogens (tertiary/aromatic N) is 1. The molecule has 26 heavy (non-hydrogen) atoms. The van der Waals surface area contributed by atoms with Gasteiger partial charge in [0.05, 0.1) is 0 Å². The molecule has 1 atom stereocenters. The SMILES string of the molecule is C=CCC[C@@H](c1cc(C(C)(C)C)cc(C(C)(C)C)c1O)N1CCNCC1. The molecule has 0 aromatic heterocycles. The lowest BCUT2D eigenvalue weighted by Gasteiger charge is -2.37. The summed E-state index contributed by atoms with van der Waals surface area (Å²) in [6, 6.07) is 4.69. The molecule has 3 nitrogen and oxygen atoms in total. The van der Waals surface area contributed by atoms with E-state index in [0.717, 1.165) is 50.1 Å². The Labute approximate surface area is 160 Å². The molecule has 146 valence electrons. The zero-order valence-corrected chi connectivity index (χ0v) is 17.7. The number of phenols is 1. The molecule has 0 aliphatic carbocycles. The maximum atomic E-state index is 11.2. The van der Waals surface area contributed by atoms with Crippen LogP contribution in [-0.4, -0.2) is 36.2 Å². The van der Waals surface area contributed by atoms with Gasteiger partial charge < -0.3 is 10.4 Å². The van der Waals surface area contributed by atoms with Gasteiger partial charge in [0.15, 0.2) is 0 Å². The maximum absolute atomic E-state index is 11.2. The third-order valence-corrected chi connectivity index (χ3v) is 5.41. The standard InChI is InChI=1S/C23H38N2O/c1-8-9-10-20(25-13-11-24-12-14-25)18-15-17(22(2,3)4)16-19(21(18)26)23(5,6)7/h8,15-16,20,24,26H,1,9-14H2,2-7H3/t20-/m0/s1. The lowest BCUT2D eigenvalue weighted by Crippen LogP contribution is -2.45. The summed E-state index contributed by atoms with van der Waals surface area (Å²) in [7, 11) is 0. The number of rotatable bonds is 5. The maximum Gasteiger partial charge on any atom is 0.124 e. The van der Waals surface area contributed by atoms with Crippen LogP contribution in [0.4, 0.5) is 0 Å². The number of piperazine rings is 1. The molecule has 0 amide bonds. The minimum atomic E-state index is -0.0907. The summed E-state index contributed by atoms with van der Waals surface area (Å²) < 4.78 is 0. The largest absolute Gasteiger partial charge is 0.507 e. The Balaban J connectivity index is 2.59. The molecule has 0 spiro atoms. The van der Waals surface area contributed by atoms with Crippen molar-refractivity contribution in [3.05, 3.63) is 41.5 Å². The van der Waals surface area contributed by atoms with E-state index in [9.17, 15) is 5.11 Å². The Kier molecular flexibility index (Phi) is 6.57. The predicted octanol–water partition coefficient (Wildman–Crippen LogP) is 4.90. The first-order valence-corrected chi connectivity index (χ1v) is 9.99. The van der Waals surface area contributed by atoms with Crippen molar-refractivity contribution in [1.29, 1.82) is 0 Å². The van der Waals surface area contributed by atoms with Crippen LogP contribution in [0.2, 0.25) is 0 Å². The van der Waals surface area contributed by atoms with Gasteiger partial charge in [0, 0.05) is 37.8 Å². The van der Waals surface area contributed by atoms with Gasteiger partial charge in [0.1, 0.15) is 5.75 Å². The molecule has 0 unspecified atom stereocenters. The van der Waals surface area contributed by atoms with Crippen molar-refractivity contribution in [2.24, 2.45) is 0 Å². The molecular formula is C23H38N2O. The van der Waals surface area contributed by atoms with Crippen LogP contribution in [0.1, 0.15) is 77.1 Å². The zero-order valence-electron chi connectivity index (χ0n) is 17.7. The topological polar surface area (TPSA) is 35.5 Å². The molecule has 1 aliphatic rings. The average molecular weight is 359 g/mol. The minimum absolute atomic E-state index is 0.0505. The van der Waals surface area contributed by atoms with Crippen molar-refractivity contribution in [3.8, 4) is 5.75 Å². The molecule has 2 N–H and O–H groups in total. The van der Waals surface area contributed by atoms with Gasteiger partial charge in [-0.3, -0.25) is 4.90 Å². The molecule has 0 saturated carbocycles. The molecule has 3 heteroatoms. The second kappa shape index (κ2) is 8.14. The third kappa shape index (κ3) is 4.89. The fourth-order valence-electron chi connectivity index (χ4n) is 3.72. The van der Waals surface area contributed by atoms with Gasteiger partial charge in [-0.2, -0.15) is 0 Å². The summed E-state index contributed by atoms with van der Waals surface area (Å²) >= 11 is 0. The first-order valence-electron chi connectivity index (χ1n) is 9.99. The van der Waals surface area contributed by atoms with Crippen LogP contribution >= 0.6 is 0 Å². The Morgan fingerprint density at radius 2 is 1.73 bits per heavy atom. The van der Waals surface area contributed by atoms with Crippen LogP contribution in [-0.2, 0) is 10.8 Å². The number of allylic oxidation sites excluding steroid dienone is 1. The number of hydrogen-bond acceptors (Lipinski definition) is 3. The summed E-state index contributed by atoms with van der Waals surface area (Å²) in [6.45, 7) is 21.3. The van der Waals surface area contributed by atoms with Crippen molar-refractivity contribution in [3.63, 3.8) is 0 Å². The summed E-state index contributed by atoms with van der Waals surface area (Å²) in [5, 5.41) is 14.7. The molecule has 0 radical (unpaired) electrons. The number of nitrogens with one attached hydrogen (secondary N) is 1. The monoisotopic (exact) mass is 358 g/mol. The smallest absolute Gasteiger partial charge is 0.124 e. The van der Waals surface area contributed by atoms with Gasteiger partial charge >= 0.3 is 0 Å². The number of hydrogen-bond donors (Lipinski definition) is 2. The van der Waals surface area contributed by atoms with Crippen LogP contribution in [0, 0.1) is 0 Å². The van der Waals surface area contributed by atoms with Gasteiger partial charge in [-0.1, -0.05) is 53.7 Å². The van der Waals surface area contributed by atoms with Crippen LogP contribution < -0.4 is 5.32 Å². The van der Waals surface area contributed by atoms with Crippen molar-refractivity contribution in [1.82, 2.24) is 10.2 Å². The average Bonchev–Trinajstić information content (AvgIpc) is 2.55. The first-order chi connectivity index (χ1) is 12.1. The molecule has 1 aromatic rings. The highest BCUT2D eigenvalue weighted by atomic mass is 16.3. The van der Waals surface area contributed by atoms with E-state index in [4.69, 9.17) is 0 Å². The van der Waals surface area contributed by atoms with Crippen molar-refractivity contribution in [2.75, 3.05) is 26.2 Å². The van der Waals surface area contributed by atoms with Crippen LogP contribution in [0.3, 0.4) is 0 Å². The van der Waals surface area contributed by atoms with E-state index in [-0.39, 0.29) is 16.9 Å². The first kappa shape index (κ1) is 21.0. The summed E-state index contributed by atoms with van der Waals surface area (Å²) in [5.41, 5.74) is 3.40. The highest BCUT2D eigenvalue weighted by Gasteiger charge is 2.30. The predicted molar refractivity (Wildman–Crippen MR) is 112 cm³/mol. The fourth-order valence-corrected chi connectivity index (χ4v) is 3.72. The highest BCUT2D eigenvalue weighted by molar-refractivity contribution is 5.50. The lowest BCUT2D eigenvalue weighted by atomic mass is 9.77. The normalized spacial score (nSPS) is 17.9. The summed E-state index contributed by atoms with van der Waals surface area (Å²) in [5.74, 6) is 0.484. The van der Waals surface area contributed by atoms with Crippen LogP contribution in [0.25, 0.3) is 0 Å². The highest BCUT2D eigenvalue weighted by Crippen LogP contribution is 2.42. The van der Waals surface area contributed by atoms with E-state index >= 15 is 0 Å². The third-order valence-electron chi connectivity index (χ3n) is 5.41. The Hall–Kier alpha value is -1.32. The quantitative estimate of drug-likeness (QED) is 0.735. The van der Waals surface area contributed by atoms with Crippen molar-refractivity contribution >= 4 is 0 Å². The molecule has 1 fully saturated rings. The second-order valence-corrected chi connectivity index (χ2v) is 9.63. The van der Waals surface area contributed by atoms with Gasteiger partial charge in [0.25, 0.3) is 0 Å². The minimum Gasteiger partial charge on any atom is -0.507 e. The molecular weight excluding hydrogens is 320 g/mol. The van der Waals surface area contributed by atoms with E-state index < -0.39 is 0 Å². The molecule has 0 bridgehead atoms. The molecule has 1 saturated heterocycles.